The molecule has 0 spiro atoms. The molecule has 2 N–H and O–H groups in total. The van der Waals surface area contributed by atoms with E-state index in [1.807, 2.05) is 6.07 Å². The highest BCUT2D eigenvalue weighted by atomic mass is 79.9. The van der Waals surface area contributed by atoms with Crippen LogP contribution >= 0.6 is 15.9 Å². The predicted molar refractivity (Wildman–Crippen MR) is 71.5 cm³/mol. The van der Waals surface area contributed by atoms with Crippen LogP contribution in [-0.2, 0) is 0 Å². The minimum atomic E-state index is -0.884. The van der Waals surface area contributed by atoms with Crippen LogP contribution in [0.4, 0.5) is 5.69 Å². The lowest BCUT2D eigenvalue weighted by atomic mass is 10.1. The van der Waals surface area contributed by atoms with Crippen LogP contribution < -0.4 is 5.32 Å². The fourth-order valence-corrected chi connectivity index (χ4v) is 2.74. The van der Waals surface area contributed by atoms with Crippen LogP contribution in [0.25, 0.3) is 0 Å². The van der Waals surface area contributed by atoms with Crippen LogP contribution in [0.5, 0.6) is 0 Å². The number of carboxylic acid groups (broad SMARTS) is 1. The van der Waals surface area contributed by atoms with Crippen molar-refractivity contribution in [2.45, 2.75) is 32.2 Å². The summed E-state index contributed by atoms with van der Waals surface area (Å²) in [5.74, 6) is -0.277. The maximum atomic E-state index is 11.1. The first-order valence-electron chi connectivity index (χ1n) is 5.87. The van der Waals surface area contributed by atoms with Crippen LogP contribution in [0.15, 0.2) is 22.7 Å². The summed E-state index contributed by atoms with van der Waals surface area (Å²) in [5.41, 5.74) is 1.05. The van der Waals surface area contributed by atoms with Gasteiger partial charge in [0.05, 0.1) is 11.3 Å². The Morgan fingerprint density at radius 1 is 1.47 bits per heavy atom. The average molecular weight is 298 g/mol. The second-order valence-electron chi connectivity index (χ2n) is 4.65. The maximum absolute atomic E-state index is 11.1. The minimum Gasteiger partial charge on any atom is -0.478 e. The zero-order valence-corrected chi connectivity index (χ0v) is 11.3. The molecule has 1 fully saturated rings. The SMILES string of the molecule is CC1CCCC1Nc1cc(Br)ccc1C(=O)O. The number of benzene rings is 1. The highest BCUT2D eigenvalue weighted by Crippen LogP contribution is 2.30. The van der Waals surface area contributed by atoms with Crippen molar-refractivity contribution in [3.63, 3.8) is 0 Å². The molecule has 17 heavy (non-hydrogen) atoms. The molecule has 2 rings (SSSR count). The standard InChI is InChI=1S/C13H16BrNO2/c1-8-3-2-4-11(8)15-12-7-9(14)5-6-10(12)13(16)17/h5-8,11,15H,2-4H2,1H3,(H,16,17). The summed E-state index contributed by atoms with van der Waals surface area (Å²) in [7, 11) is 0. The molecular formula is C13H16BrNO2. The molecule has 0 saturated heterocycles. The molecule has 0 heterocycles. The Labute approximate surface area is 109 Å². The summed E-state index contributed by atoms with van der Waals surface area (Å²) in [4.78, 5) is 11.1. The molecule has 0 aliphatic heterocycles. The fourth-order valence-electron chi connectivity index (χ4n) is 2.38. The van der Waals surface area contributed by atoms with Crippen molar-refractivity contribution in [2.24, 2.45) is 5.92 Å². The number of hydrogen-bond acceptors (Lipinski definition) is 2. The number of aromatic carboxylic acids is 1. The van der Waals surface area contributed by atoms with Gasteiger partial charge in [-0.05, 0) is 37.0 Å². The van der Waals surface area contributed by atoms with Gasteiger partial charge in [0.1, 0.15) is 0 Å². The van der Waals surface area contributed by atoms with Gasteiger partial charge in [-0.2, -0.15) is 0 Å². The first-order valence-corrected chi connectivity index (χ1v) is 6.66. The molecule has 2 atom stereocenters. The van der Waals surface area contributed by atoms with Gasteiger partial charge in [-0.25, -0.2) is 4.79 Å². The van der Waals surface area contributed by atoms with E-state index in [2.05, 4.69) is 28.2 Å². The molecule has 3 nitrogen and oxygen atoms in total. The third-order valence-electron chi connectivity index (χ3n) is 3.41. The smallest absolute Gasteiger partial charge is 0.337 e. The molecule has 0 amide bonds. The Bertz CT molecular complexity index is 433. The molecule has 92 valence electrons. The van der Waals surface area contributed by atoms with E-state index >= 15 is 0 Å². The number of anilines is 1. The van der Waals surface area contributed by atoms with Gasteiger partial charge in [0.2, 0.25) is 0 Å². The van der Waals surface area contributed by atoms with Crippen molar-refractivity contribution in [2.75, 3.05) is 5.32 Å². The third kappa shape index (κ3) is 2.80. The van der Waals surface area contributed by atoms with Crippen molar-refractivity contribution in [3.8, 4) is 0 Å². The quantitative estimate of drug-likeness (QED) is 0.893. The van der Waals surface area contributed by atoms with Crippen molar-refractivity contribution in [3.05, 3.63) is 28.2 Å². The first kappa shape index (κ1) is 12.4. The summed E-state index contributed by atoms with van der Waals surface area (Å²) >= 11 is 3.38. The monoisotopic (exact) mass is 297 g/mol. The molecule has 1 saturated carbocycles. The predicted octanol–water partition coefficient (Wildman–Crippen LogP) is 3.75. The highest BCUT2D eigenvalue weighted by Gasteiger charge is 2.24. The van der Waals surface area contributed by atoms with Crippen LogP contribution in [0, 0.1) is 5.92 Å². The lowest BCUT2D eigenvalue weighted by molar-refractivity contribution is 0.0698. The fraction of sp³-hybridized carbons (Fsp3) is 0.462. The lowest BCUT2D eigenvalue weighted by Crippen LogP contribution is -2.23. The molecule has 2 unspecified atom stereocenters. The Morgan fingerprint density at radius 2 is 2.24 bits per heavy atom. The van der Waals surface area contributed by atoms with Gasteiger partial charge in [0.25, 0.3) is 0 Å². The largest absolute Gasteiger partial charge is 0.478 e. The van der Waals surface area contributed by atoms with Crippen molar-refractivity contribution >= 4 is 27.6 Å². The summed E-state index contributed by atoms with van der Waals surface area (Å²) in [6.45, 7) is 2.21. The van der Waals surface area contributed by atoms with Gasteiger partial charge in [0.15, 0.2) is 0 Å². The number of halogens is 1. The lowest BCUT2D eigenvalue weighted by Gasteiger charge is -2.20. The van der Waals surface area contributed by atoms with E-state index in [0.29, 0.717) is 23.2 Å². The normalized spacial score (nSPS) is 23.6. The van der Waals surface area contributed by atoms with Gasteiger partial charge in [-0.3, -0.25) is 0 Å². The van der Waals surface area contributed by atoms with E-state index in [0.717, 1.165) is 10.9 Å². The van der Waals surface area contributed by atoms with E-state index in [1.54, 1.807) is 12.1 Å². The molecule has 1 aliphatic rings. The Balaban J connectivity index is 2.24. The van der Waals surface area contributed by atoms with Gasteiger partial charge in [-0.1, -0.05) is 29.3 Å². The maximum Gasteiger partial charge on any atom is 0.337 e. The summed E-state index contributed by atoms with van der Waals surface area (Å²) < 4.78 is 0.899. The van der Waals surface area contributed by atoms with Crippen molar-refractivity contribution in [1.82, 2.24) is 0 Å². The van der Waals surface area contributed by atoms with Gasteiger partial charge in [0, 0.05) is 10.5 Å². The Hall–Kier alpha value is -1.03. The van der Waals surface area contributed by atoms with Crippen molar-refractivity contribution in [1.29, 1.82) is 0 Å². The zero-order valence-electron chi connectivity index (χ0n) is 9.74. The van der Waals surface area contributed by atoms with Crippen LogP contribution in [-0.4, -0.2) is 17.1 Å². The number of hydrogen-bond donors (Lipinski definition) is 2. The van der Waals surface area contributed by atoms with Gasteiger partial charge in [-0.15, -0.1) is 0 Å². The van der Waals surface area contributed by atoms with Crippen LogP contribution in [0.1, 0.15) is 36.5 Å². The topological polar surface area (TPSA) is 49.3 Å². The highest BCUT2D eigenvalue weighted by molar-refractivity contribution is 9.10. The number of nitrogens with one attached hydrogen (secondary N) is 1. The Kier molecular flexibility index (Phi) is 3.72. The molecule has 0 radical (unpaired) electrons. The van der Waals surface area contributed by atoms with E-state index in [-0.39, 0.29) is 0 Å². The molecule has 0 aromatic heterocycles. The van der Waals surface area contributed by atoms with Crippen molar-refractivity contribution < 1.29 is 9.90 Å². The molecular weight excluding hydrogens is 282 g/mol. The number of rotatable bonds is 3. The van der Waals surface area contributed by atoms with Gasteiger partial charge < -0.3 is 10.4 Å². The Morgan fingerprint density at radius 3 is 2.82 bits per heavy atom. The first-order chi connectivity index (χ1) is 8.08. The summed E-state index contributed by atoms with van der Waals surface area (Å²) in [5, 5.41) is 12.5. The summed E-state index contributed by atoms with van der Waals surface area (Å²) in [6, 6.07) is 5.62. The second kappa shape index (κ2) is 5.08. The number of carboxylic acids is 1. The molecule has 1 aromatic rings. The molecule has 4 heteroatoms. The molecule has 1 aromatic carbocycles. The van der Waals surface area contributed by atoms with Crippen LogP contribution in [0.3, 0.4) is 0 Å². The average Bonchev–Trinajstić information content (AvgIpc) is 2.64. The third-order valence-corrected chi connectivity index (χ3v) is 3.91. The minimum absolute atomic E-state index is 0.340. The van der Waals surface area contributed by atoms with E-state index in [1.165, 1.54) is 12.8 Å². The second-order valence-corrected chi connectivity index (χ2v) is 5.57. The van der Waals surface area contributed by atoms with E-state index in [4.69, 9.17) is 5.11 Å². The summed E-state index contributed by atoms with van der Waals surface area (Å²) in [6.07, 6.45) is 3.55. The van der Waals surface area contributed by atoms with E-state index < -0.39 is 5.97 Å². The zero-order chi connectivity index (χ0) is 12.4. The molecule has 1 aliphatic carbocycles. The van der Waals surface area contributed by atoms with E-state index in [9.17, 15) is 4.79 Å². The van der Waals surface area contributed by atoms with Crippen LogP contribution in [0.2, 0.25) is 0 Å². The molecule has 0 bridgehead atoms. The van der Waals surface area contributed by atoms with Gasteiger partial charge >= 0.3 is 5.97 Å². The number of carbonyl (C=O) groups is 1.